The number of piperazine rings is 1. The van der Waals surface area contributed by atoms with Crippen LogP contribution in [0.2, 0.25) is 0 Å². The van der Waals surface area contributed by atoms with Crippen molar-refractivity contribution in [3.8, 4) is 12.3 Å². The topological polar surface area (TPSA) is 132 Å². The SMILES string of the molecule is C#CC/C(=C\C=C/C)SNC(Cc1ccc(NC(=O)CCN2CCN(CC)CC2)cc1)C(=O)NCC(=O)NCc1ccc(CN)cc1. The fourth-order valence-electron chi connectivity index (χ4n) is 4.89. The number of carbonyl (C=O) groups excluding carboxylic acids is 3. The monoisotopic (exact) mass is 659 g/mol. The van der Waals surface area contributed by atoms with Gasteiger partial charge in [0.1, 0.15) is 6.04 Å². The molecular weight excluding hydrogens is 611 g/mol. The normalized spacial score (nSPS) is 14.8. The Balaban J connectivity index is 1.55. The summed E-state index contributed by atoms with van der Waals surface area (Å²) < 4.78 is 3.24. The molecule has 2 aromatic carbocycles. The number of nitrogens with zero attached hydrogens (tertiary/aromatic N) is 2. The molecule has 0 saturated carbocycles. The first-order chi connectivity index (χ1) is 22.8. The van der Waals surface area contributed by atoms with Crippen molar-refractivity contribution in [3.05, 3.63) is 88.4 Å². The van der Waals surface area contributed by atoms with Crippen LogP contribution in [-0.4, -0.2) is 79.4 Å². The van der Waals surface area contributed by atoms with E-state index in [0.29, 0.717) is 38.0 Å². The van der Waals surface area contributed by atoms with Gasteiger partial charge in [-0.15, -0.1) is 12.3 Å². The summed E-state index contributed by atoms with van der Waals surface area (Å²) in [6.07, 6.45) is 12.5. The van der Waals surface area contributed by atoms with Crippen LogP contribution in [0.4, 0.5) is 5.69 Å². The summed E-state index contributed by atoms with van der Waals surface area (Å²) in [7, 11) is 0. The zero-order valence-corrected chi connectivity index (χ0v) is 28.4. The number of allylic oxidation sites excluding steroid dienone is 4. The van der Waals surface area contributed by atoms with Crippen molar-refractivity contribution in [2.24, 2.45) is 5.73 Å². The van der Waals surface area contributed by atoms with Gasteiger partial charge in [-0.25, -0.2) is 4.72 Å². The van der Waals surface area contributed by atoms with Gasteiger partial charge in [0.05, 0.1) is 6.54 Å². The fourth-order valence-corrected chi connectivity index (χ4v) is 5.67. The minimum atomic E-state index is -0.656. The molecular formula is C36H49N7O3S. The molecule has 0 spiro atoms. The lowest BCUT2D eigenvalue weighted by Gasteiger charge is -2.33. The van der Waals surface area contributed by atoms with Crippen molar-refractivity contribution >= 4 is 35.4 Å². The molecule has 47 heavy (non-hydrogen) atoms. The molecule has 1 saturated heterocycles. The lowest BCUT2D eigenvalue weighted by molar-refractivity contribution is -0.127. The number of hydrogen-bond donors (Lipinski definition) is 5. The summed E-state index contributed by atoms with van der Waals surface area (Å²) in [6.45, 7) is 10.6. The highest BCUT2D eigenvalue weighted by Gasteiger charge is 2.21. The van der Waals surface area contributed by atoms with Crippen LogP contribution in [0.5, 0.6) is 0 Å². The number of likely N-dealkylation sites (N-methyl/N-ethyl adjacent to an activating group) is 1. The Kier molecular flexibility index (Phi) is 16.8. The van der Waals surface area contributed by atoms with E-state index in [-0.39, 0.29) is 24.3 Å². The molecule has 10 nitrogen and oxygen atoms in total. The van der Waals surface area contributed by atoms with E-state index in [1.54, 1.807) is 0 Å². The largest absolute Gasteiger partial charge is 0.350 e. The van der Waals surface area contributed by atoms with Crippen molar-refractivity contribution in [1.29, 1.82) is 0 Å². The summed E-state index contributed by atoms with van der Waals surface area (Å²) in [5.74, 6) is 2.01. The molecule has 252 valence electrons. The molecule has 3 rings (SSSR count). The molecule has 0 aromatic heterocycles. The van der Waals surface area contributed by atoms with Crippen molar-refractivity contribution in [2.45, 2.75) is 52.2 Å². The molecule has 1 unspecified atom stereocenters. The first-order valence-electron chi connectivity index (χ1n) is 16.2. The lowest BCUT2D eigenvalue weighted by Crippen LogP contribution is -2.46. The summed E-state index contributed by atoms with van der Waals surface area (Å²) in [5, 5.41) is 8.58. The molecule has 2 aromatic rings. The standard InChI is InChI=1S/C36H49N7O3S/c1-4-7-9-32(8-5-2)47-41-33(36(46)39-27-35(45)38-26-30-12-10-29(25-37)11-13-30)24-28-14-16-31(17-15-28)40-34(44)18-19-43-22-20-42(6-3)21-23-43/h2,4,7,9-17,33,41H,6,8,18-27,37H2,1,3H3,(H,38,45)(H,39,46)(H,40,44)/b7-4-,32-9+. The van der Waals surface area contributed by atoms with Crippen molar-refractivity contribution in [2.75, 3.05) is 51.1 Å². The molecule has 0 radical (unpaired) electrons. The third kappa shape index (κ3) is 14.2. The van der Waals surface area contributed by atoms with Gasteiger partial charge >= 0.3 is 0 Å². The van der Waals surface area contributed by atoms with Gasteiger partial charge in [0, 0.05) is 69.2 Å². The van der Waals surface area contributed by atoms with Crippen LogP contribution < -0.4 is 26.4 Å². The Hall–Kier alpha value is -3.92. The fraction of sp³-hybridized carbons (Fsp3) is 0.417. The number of hydrogen-bond acceptors (Lipinski definition) is 8. The number of nitrogens with one attached hydrogen (secondary N) is 4. The predicted octanol–water partition coefficient (Wildman–Crippen LogP) is 3.18. The summed E-state index contributed by atoms with van der Waals surface area (Å²) in [4.78, 5) is 44.1. The molecule has 1 fully saturated rings. The number of rotatable bonds is 18. The van der Waals surface area contributed by atoms with Gasteiger partial charge in [-0.1, -0.05) is 61.5 Å². The molecule has 11 heteroatoms. The van der Waals surface area contributed by atoms with E-state index in [9.17, 15) is 14.4 Å². The number of amides is 3. The Bertz CT molecular complexity index is 1380. The Labute approximate surface area is 284 Å². The second-order valence-electron chi connectivity index (χ2n) is 11.3. The number of anilines is 1. The zero-order valence-electron chi connectivity index (χ0n) is 27.6. The number of nitrogens with two attached hydrogens (primary N) is 1. The Morgan fingerprint density at radius 2 is 1.62 bits per heavy atom. The molecule has 1 aliphatic rings. The van der Waals surface area contributed by atoms with E-state index in [0.717, 1.165) is 60.9 Å². The smallest absolute Gasteiger partial charge is 0.239 e. The van der Waals surface area contributed by atoms with Crippen LogP contribution in [0.25, 0.3) is 0 Å². The molecule has 0 bridgehead atoms. The van der Waals surface area contributed by atoms with Crippen molar-refractivity contribution < 1.29 is 14.4 Å². The minimum Gasteiger partial charge on any atom is -0.350 e. The maximum atomic E-state index is 13.3. The average Bonchev–Trinajstić information content (AvgIpc) is 3.10. The molecule has 1 heterocycles. The Morgan fingerprint density at radius 3 is 2.26 bits per heavy atom. The molecule has 6 N–H and O–H groups in total. The first-order valence-corrected chi connectivity index (χ1v) is 17.0. The van der Waals surface area contributed by atoms with Crippen LogP contribution in [0.3, 0.4) is 0 Å². The van der Waals surface area contributed by atoms with Crippen LogP contribution in [0.1, 0.15) is 43.4 Å². The summed E-state index contributed by atoms with van der Waals surface area (Å²) in [6, 6.07) is 14.5. The van der Waals surface area contributed by atoms with Gasteiger partial charge in [0.2, 0.25) is 17.7 Å². The first kappa shape index (κ1) is 37.5. The number of carbonyl (C=O) groups is 3. The minimum absolute atomic E-state index is 0.0224. The molecule has 1 aliphatic heterocycles. The average molecular weight is 660 g/mol. The van der Waals surface area contributed by atoms with E-state index in [1.165, 1.54) is 11.9 Å². The van der Waals surface area contributed by atoms with E-state index in [1.807, 2.05) is 73.7 Å². The highest BCUT2D eigenvalue weighted by molar-refractivity contribution is 8.01. The van der Waals surface area contributed by atoms with Gasteiger partial charge in [-0.3, -0.25) is 14.4 Å². The van der Waals surface area contributed by atoms with E-state index >= 15 is 0 Å². The predicted molar refractivity (Wildman–Crippen MR) is 192 cm³/mol. The third-order valence-corrected chi connectivity index (χ3v) is 8.76. The quantitative estimate of drug-likeness (QED) is 0.0938. The van der Waals surface area contributed by atoms with E-state index in [4.69, 9.17) is 12.2 Å². The maximum absolute atomic E-state index is 13.3. The van der Waals surface area contributed by atoms with Gasteiger partial charge in [-0.05, 0) is 60.7 Å². The summed E-state index contributed by atoms with van der Waals surface area (Å²) in [5.41, 5.74) is 9.21. The third-order valence-electron chi connectivity index (χ3n) is 7.82. The van der Waals surface area contributed by atoms with Gasteiger partial charge in [0.15, 0.2) is 0 Å². The van der Waals surface area contributed by atoms with E-state index < -0.39 is 6.04 Å². The molecule has 0 aliphatic carbocycles. The highest BCUT2D eigenvalue weighted by Crippen LogP contribution is 2.19. The molecule has 1 atom stereocenters. The van der Waals surface area contributed by atoms with Crippen LogP contribution >= 0.6 is 11.9 Å². The number of benzene rings is 2. The summed E-state index contributed by atoms with van der Waals surface area (Å²) >= 11 is 1.30. The van der Waals surface area contributed by atoms with Crippen LogP contribution in [0, 0.1) is 12.3 Å². The maximum Gasteiger partial charge on any atom is 0.239 e. The highest BCUT2D eigenvalue weighted by atomic mass is 32.2. The second-order valence-corrected chi connectivity index (χ2v) is 12.3. The van der Waals surface area contributed by atoms with Crippen LogP contribution in [-0.2, 0) is 33.9 Å². The van der Waals surface area contributed by atoms with Gasteiger partial charge in [-0.2, -0.15) is 0 Å². The molecule has 3 amide bonds. The second kappa shape index (κ2) is 21.1. The number of terminal acetylenes is 1. The van der Waals surface area contributed by atoms with E-state index in [2.05, 4.69) is 43.3 Å². The van der Waals surface area contributed by atoms with Gasteiger partial charge in [0.25, 0.3) is 0 Å². The van der Waals surface area contributed by atoms with Crippen molar-refractivity contribution in [1.82, 2.24) is 25.2 Å². The lowest BCUT2D eigenvalue weighted by atomic mass is 10.1. The Morgan fingerprint density at radius 1 is 0.957 bits per heavy atom. The van der Waals surface area contributed by atoms with Crippen molar-refractivity contribution in [3.63, 3.8) is 0 Å². The van der Waals surface area contributed by atoms with Gasteiger partial charge < -0.3 is 31.5 Å². The zero-order chi connectivity index (χ0) is 33.9. The van der Waals surface area contributed by atoms with Crippen LogP contribution in [0.15, 0.2) is 71.7 Å².